The molecule has 0 spiro atoms. The Labute approximate surface area is 123 Å². The lowest BCUT2D eigenvalue weighted by Crippen LogP contribution is -2.28. The van der Waals surface area contributed by atoms with Crippen molar-refractivity contribution in [1.82, 2.24) is 19.5 Å². The summed E-state index contributed by atoms with van der Waals surface area (Å²) in [5, 5.41) is 17.4. The topological polar surface area (TPSA) is 70.7 Å². The van der Waals surface area contributed by atoms with Crippen LogP contribution in [0, 0.1) is 5.92 Å². The Balaban J connectivity index is 1.83. The quantitative estimate of drug-likeness (QED) is 0.927. The van der Waals surface area contributed by atoms with E-state index in [1.165, 1.54) is 0 Å². The molecule has 6 heteroatoms. The van der Waals surface area contributed by atoms with Gasteiger partial charge in [0.25, 0.3) is 0 Å². The zero-order chi connectivity index (χ0) is 15.0. The molecule has 2 aromatic rings. The van der Waals surface area contributed by atoms with Crippen molar-refractivity contribution in [3.05, 3.63) is 29.7 Å². The summed E-state index contributed by atoms with van der Waals surface area (Å²) in [6, 6.07) is 3.87. The summed E-state index contributed by atoms with van der Waals surface area (Å²) in [4.78, 5) is 13.7. The molecule has 0 radical (unpaired) electrons. The van der Waals surface area contributed by atoms with Crippen molar-refractivity contribution < 1.29 is 9.90 Å². The van der Waals surface area contributed by atoms with Crippen molar-refractivity contribution in [3.63, 3.8) is 0 Å². The minimum Gasteiger partial charge on any atom is -0.478 e. The second-order valence-corrected chi connectivity index (χ2v) is 5.98. The molecule has 1 atom stereocenters. The fraction of sp³-hybridized carbons (Fsp3) is 0.533. The summed E-state index contributed by atoms with van der Waals surface area (Å²) in [7, 11) is 0. The monoisotopic (exact) mass is 288 g/mol. The van der Waals surface area contributed by atoms with Crippen LogP contribution in [0.3, 0.4) is 0 Å². The molecule has 21 heavy (non-hydrogen) atoms. The molecule has 1 fully saturated rings. The first-order chi connectivity index (χ1) is 10.1. The molecule has 0 aliphatic carbocycles. The third-order valence-electron chi connectivity index (χ3n) is 4.25. The maximum atomic E-state index is 11.2. The van der Waals surface area contributed by atoms with Crippen LogP contribution in [0.25, 0.3) is 5.65 Å². The van der Waals surface area contributed by atoms with E-state index in [-0.39, 0.29) is 5.56 Å². The molecule has 6 nitrogen and oxygen atoms in total. The zero-order valence-electron chi connectivity index (χ0n) is 12.4. The number of nitrogens with zero attached hydrogens (tertiary/aromatic N) is 4. The van der Waals surface area contributed by atoms with Gasteiger partial charge in [-0.15, -0.1) is 10.2 Å². The third kappa shape index (κ3) is 2.63. The maximum Gasteiger partial charge on any atom is 0.339 e. The maximum absolute atomic E-state index is 11.2. The number of carboxylic acids is 1. The summed E-state index contributed by atoms with van der Waals surface area (Å²) in [5.74, 6) is 0.448. The van der Waals surface area contributed by atoms with Crippen LogP contribution in [0.1, 0.15) is 36.5 Å². The highest BCUT2D eigenvalue weighted by atomic mass is 16.4. The van der Waals surface area contributed by atoms with Gasteiger partial charge in [0.15, 0.2) is 5.65 Å². The van der Waals surface area contributed by atoms with Gasteiger partial charge in [-0.1, -0.05) is 0 Å². The number of hydrogen-bond acceptors (Lipinski definition) is 4. The fourth-order valence-corrected chi connectivity index (χ4v) is 3.03. The van der Waals surface area contributed by atoms with Crippen molar-refractivity contribution in [2.24, 2.45) is 5.92 Å². The van der Waals surface area contributed by atoms with Crippen molar-refractivity contribution in [3.8, 4) is 0 Å². The van der Waals surface area contributed by atoms with Gasteiger partial charge in [-0.3, -0.25) is 4.40 Å². The molecule has 1 aliphatic rings. The Bertz CT molecular complexity index is 665. The Hall–Kier alpha value is -1.95. The van der Waals surface area contributed by atoms with Crippen LogP contribution in [-0.2, 0) is 6.42 Å². The first-order valence-electron chi connectivity index (χ1n) is 7.36. The van der Waals surface area contributed by atoms with E-state index in [0.29, 0.717) is 17.6 Å². The molecule has 3 heterocycles. The van der Waals surface area contributed by atoms with Crippen LogP contribution >= 0.6 is 0 Å². The molecule has 1 aliphatic heterocycles. The number of carbonyl (C=O) groups is 1. The van der Waals surface area contributed by atoms with Gasteiger partial charge < -0.3 is 10.0 Å². The minimum absolute atomic E-state index is 0.200. The Morgan fingerprint density at radius 2 is 2.29 bits per heavy atom. The molecule has 3 rings (SSSR count). The first kappa shape index (κ1) is 14.0. The van der Waals surface area contributed by atoms with E-state index >= 15 is 0 Å². The van der Waals surface area contributed by atoms with E-state index in [9.17, 15) is 9.90 Å². The molecule has 1 unspecified atom stereocenters. The Morgan fingerprint density at radius 3 is 2.95 bits per heavy atom. The van der Waals surface area contributed by atoms with Gasteiger partial charge in [-0.25, -0.2) is 4.79 Å². The van der Waals surface area contributed by atoms with Crippen LogP contribution in [0.5, 0.6) is 0 Å². The average Bonchev–Trinajstić information content (AvgIpc) is 3.06. The summed E-state index contributed by atoms with van der Waals surface area (Å²) in [6.07, 6.45) is 3.84. The lowest BCUT2D eigenvalue weighted by Gasteiger charge is -2.20. The normalized spacial score (nSPS) is 19.7. The van der Waals surface area contributed by atoms with E-state index in [1.54, 1.807) is 12.1 Å². The van der Waals surface area contributed by atoms with E-state index in [4.69, 9.17) is 0 Å². The number of aromatic nitrogens is 3. The minimum atomic E-state index is -0.966. The SMILES string of the molecule is CC(C)N1CCC(Cc2nnc3c(C(=O)O)cccn23)C1. The molecule has 0 saturated carbocycles. The number of pyridine rings is 1. The van der Waals surface area contributed by atoms with Crippen molar-refractivity contribution in [2.75, 3.05) is 13.1 Å². The molecule has 2 aromatic heterocycles. The van der Waals surface area contributed by atoms with Crippen LogP contribution in [0.15, 0.2) is 18.3 Å². The fourth-order valence-electron chi connectivity index (χ4n) is 3.03. The van der Waals surface area contributed by atoms with Gasteiger partial charge in [-0.2, -0.15) is 0 Å². The lowest BCUT2D eigenvalue weighted by atomic mass is 10.0. The highest BCUT2D eigenvalue weighted by Gasteiger charge is 2.26. The predicted octanol–water partition coefficient (Wildman–Crippen LogP) is 1.70. The molecule has 0 bridgehead atoms. The molecule has 0 aromatic carbocycles. The first-order valence-corrected chi connectivity index (χ1v) is 7.36. The van der Waals surface area contributed by atoms with Gasteiger partial charge in [0.2, 0.25) is 0 Å². The van der Waals surface area contributed by atoms with E-state index in [0.717, 1.165) is 31.8 Å². The Kier molecular flexibility index (Phi) is 3.63. The average molecular weight is 288 g/mol. The summed E-state index contributed by atoms with van der Waals surface area (Å²) < 4.78 is 1.81. The second kappa shape index (κ2) is 5.44. The summed E-state index contributed by atoms with van der Waals surface area (Å²) in [6.45, 7) is 6.63. The third-order valence-corrected chi connectivity index (χ3v) is 4.25. The van der Waals surface area contributed by atoms with Crippen molar-refractivity contribution in [1.29, 1.82) is 0 Å². The van der Waals surface area contributed by atoms with Crippen molar-refractivity contribution in [2.45, 2.75) is 32.7 Å². The molecular weight excluding hydrogens is 268 g/mol. The number of rotatable bonds is 4. The number of fused-ring (bicyclic) bond motifs is 1. The summed E-state index contributed by atoms with van der Waals surface area (Å²) >= 11 is 0. The van der Waals surface area contributed by atoms with Crippen LogP contribution < -0.4 is 0 Å². The molecule has 1 N–H and O–H groups in total. The predicted molar refractivity (Wildman–Crippen MR) is 78.5 cm³/mol. The van der Waals surface area contributed by atoms with Gasteiger partial charge in [0.1, 0.15) is 11.4 Å². The standard InChI is InChI=1S/C15H20N4O2/c1-10(2)18-7-5-11(9-18)8-13-16-17-14-12(15(20)21)4-3-6-19(13)14/h3-4,6,10-11H,5,7-9H2,1-2H3,(H,20,21). The lowest BCUT2D eigenvalue weighted by molar-refractivity contribution is 0.0698. The van der Waals surface area contributed by atoms with Gasteiger partial charge in [0, 0.05) is 25.2 Å². The van der Waals surface area contributed by atoms with Crippen molar-refractivity contribution >= 4 is 11.6 Å². The largest absolute Gasteiger partial charge is 0.478 e. The number of aromatic carboxylic acids is 1. The molecular formula is C15H20N4O2. The molecule has 112 valence electrons. The van der Waals surface area contributed by atoms with Crippen LogP contribution in [0.4, 0.5) is 0 Å². The molecule has 1 saturated heterocycles. The van der Waals surface area contributed by atoms with Crippen LogP contribution in [0.2, 0.25) is 0 Å². The summed E-state index contributed by atoms with van der Waals surface area (Å²) in [5.41, 5.74) is 0.630. The van der Waals surface area contributed by atoms with E-state index in [2.05, 4.69) is 28.9 Å². The number of likely N-dealkylation sites (tertiary alicyclic amines) is 1. The van der Waals surface area contributed by atoms with E-state index in [1.807, 2.05) is 10.6 Å². The highest BCUT2D eigenvalue weighted by Crippen LogP contribution is 2.22. The number of hydrogen-bond donors (Lipinski definition) is 1. The highest BCUT2D eigenvalue weighted by molar-refractivity contribution is 5.94. The zero-order valence-corrected chi connectivity index (χ0v) is 12.4. The second-order valence-electron chi connectivity index (χ2n) is 5.98. The number of carboxylic acid groups (broad SMARTS) is 1. The van der Waals surface area contributed by atoms with Gasteiger partial charge >= 0.3 is 5.97 Å². The van der Waals surface area contributed by atoms with Gasteiger partial charge in [0.05, 0.1) is 0 Å². The Morgan fingerprint density at radius 1 is 1.48 bits per heavy atom. The van der Waals surface area contributed by atoms with Gasteiger partial charge in [-0.05, 0) is 44.9 Å². The smallest absolute Gasteiger partial charge is 0.339 e. The van der Waals surface area contributed by atoms with E-state index < -0.39 is 5.97 Å². The molecule has 0 amide bonds. The van der Waals surface area contributed by atoms with Crippen LogP contribution in [-0.4, -0.2) is 49.7 Å².